The number of hydrogen-bond acceptors (Lipinski definition) is 2. The van der Waals surface area contributed by atoms with E-state index in [0.717, 1.165) is 24.5 Å². The molecule has 1 amide bonds. The molecule has 0 radical (unpaired) electrons. The lowest BCUT2D eigenvalue weighted by molar-refractivity contribution is 0.139. The maximum absolute atomic E-state index is 11.7. The SMILES string of the molecule is O=C(NCc1cc(Br)c(Br)cc1Br)OCc1ccccc1. The molecule has 1 N–H and O–H groups in total. The molecule has 0 aliphatic carbocycles. The molecule has 0 atom stereocenters. The summed E-state index contributed by atoms with van der Waals surface area (Å²) >= 11 is 10.3. The normalized spacial score (nSPS) is 10.2. The largest absolute Gasteiger partial charge is 0.445 e. The minimum absolute atomic E-state index is 0.262. The third-order valence-corrected chi connectivity index (χ3v) is 5.31. The van der Waals surface area contributed by atoms with Crippen LogP contribution in [0, 0.1) is 0 Å². The lowest BCUT2D eigenvalue weighted by atomic mass is 10.2. The topological polar surface area (TPSA) is 38.3 Å². The maximum atomic E-state index is 11.7. The van der Waals surface area contributed by atoms with Gasteiger partial charge >= 0.3 is 6.09 Å². The van der Waals surface area contributed by atoms with Gasteiger partial charge in [-0.25, -0.2) is 4.79 Å². The number of ether oxygens (including phenoxy) is 1. The van der Waals surface area contributed by atoms with Gasteiger partial charge in [-0.2, -0.15) is 0 Å². The number of rotatable bonds is 4. The number of benzene rings is 2. The van der Waals surface area contributed by atoms with E-state index in [9.17, 15) is 4.79 Å². The van der Waals surface area contributed by atoms with Gasteiger partial charge < -0.3 is 10.1 Å². The van der Waals surface area contributed by atoms with Gasteiger partial charge in [0.2, 0.25) is 0 Å². The Morgan fingerprint density at radius 3 is 2.38 bits per heavy atom. The summed E-state index contributed by atoms with van der Waals surface area (Å²) in [5.74, 6) is 0. The number of alkyl carbamates (subject to hydrolysis) is 1. The van der Waals surface area contributed by atoms with Gasteiger partial charge in [-0.3, -0.25) is 0 Å². The molecule has 6 heteroatoms. The molecular weight excluding hydrogens is 466 g/mol. The standard InChI is InChI=1S/C15H12Br3NO2/c16-12-7-14(18)13(17)6-11(12)8-19-15(20)21-9-10-4-2-1-3-5-10/h1-7H,8-9H2,(H,19,20). The van der Waals surface area contributed by atoms with Crippen molar-refractivity contribution in [2.45, 2.75) is 13.2 Å². The molecule has 2 aromatic rings. The van der Waals surface area contributed by atoms with Crippen LogP contribution >= 0.6 is 47.8 Å². The van der Waals surface area contributed by atoms with Crippen LogP contribution in [-0.4, -0.2) is 6.09 Å². The number of hydrogen-bond donors (Lipinski definition) is 1. The van der Waals surface area contributed by atoms with Gasteiger partial charge in [0.25, 0.3) is 0 Å². The van der Waals surface area contributed by atoms with Crippen LogP contribution in [0.2, 0.25) is 0 Å². The van der Waals surface area contributed by atoms with Crippen molar-refractivity contribution in [2.24, 2.45) is 0 Å². The van der Waals surface area contributed by atoms with E-state index in [4.69, 9.17) is 4.74 Å². The highest BCUT2D eigenvalue weighted by Gasteiger charge is 2.07. The van der Waals surface area contributed by atoms with Gasteiger partial charge in [0, 0.05) is 20.0 Å². The fourth-order valence-corrected chi connectivity index (χ4v) is 3.17. The van der Waals surface area contributed by atoms with E-state index in [1.165, 1.54) is 0 Å². The second kappa shape index (κ2) is 7.96. The Labute approximate surface area is 148 Å². The Kier molecular flexibility index (Phi) is 6.26. The summed E-state index contributed by atoms with van der Waals surface area (Å²) in [6.45, 7) is 0.651. The zero-order valence-electron chi connectivity index (χ0n) is 10.9. The monoisotopic (exact) mass is 475 g/mol. The van der Waals surface area contributed by atoms with Gasteiger partial charge in [0.15, 0.2) is 0 Å². The highest BCUT2D eigenvalue weighted by Crippen LogP contribution is 2.29. The molecule has 0 unspecified atom stereocenters. The third kappa shape index (κ3) is 5.13. The summed E-state index contributed by atoms with van der Waals surface area (Å²) < 4.78 is 7.95. The van der Waals surface area contributed by atoms with Crippen molar-refractivity contribution in [3.05, 3.63) is 67.0 Å². The van der Waals surface area contributed by atoms with Gasteiger partial charge in [0.05, 0.1) is 0 Å². The number of amides is 1. The van der Waals surface area contributed by atoms with E-state index in [2.05, 4.69) is 53.1 Å². The first-order valence-corrected chi connectivity index (χ1v) is 8.52. The predicted octanol–water partition coefficient (Wildman–Crippen LogP) is 5.40. The second-order valence-corrected chi connectivity index (χ2v) is 6.84. The minimum atomic E-state index is -0.440. The lowest BCUT2D eigenvalue weighted by Gasteiger charge is -2.09. The predicted molar refractivity (Wildman–Crippen MR) is 93.0 cm³/mol. The van der Waals surface area contributed by atoms with Crippen LogP contribution in [0.4, 0.5) is 4.79 Å². The molecule has 0 heterocycles. The van der Waals surface area contributed by atoms with Crippen LogP contribution in [0.3, 0.4) is 0 Å². The smallest absolute Gasteiger partial charge is 0.407 e. The van der Waals surface area contributed by atoms with Crippen LogP contribution in [0.15, 0.2) is 55.9 Å². The van der Waals surface area contributed by atoms with E-state index in [-0.39, 0.29) is 6.61 Å². The lowest BCUT2D eigenvalue weighted by Crippen LogP contribution is -2.23. The fraction of sp³-hybridized carbons (Fsp3) is 0.133. The van der Waals surface area contributed by atoms with Crippen LogP contribution < -0.4 is 5.32 Å². The number of carbonyl (C=O) groups is 1. The highest BCUT2D eigenvalue weighted by molar-refractivity contribution is 9.13. The Hall–Kier alpha value is -0.850. The molecule has 0 saturated carbocycles. The Bertz CT molecular complexity index is 632. The van der Waals surface area contributed by atoms with Gasteiger partial charge in [0.1, 0.15) is 6.61 Å². The summed E-state index contributed by atoms with van der Waals surface area (Å²) in [6.07, 6.45) is -0.440. The average molecular weight is 478 g/mol. The molecule has 0 saturated heterocycles. The molecule has 110 valence electrons. The molecule has 21 heavy (non-hydrogen) atoms. The molecule has 2 aromatic carbocycles. The van der Waals surface area contributed by atoms with Crippen molar-refractivity contribution in [2.75, 3.05) is 0 Å². The van der Waals surface area contributed by atoms with Crippen molar-refractivity contribution < 1.29 is 9.53 Å². The van der Waals surface area contributed by atoms with E-state index >= 15 is 0 Å². The third-order valence-electron chi connectivity index (χ3n) is 2.73. The van der Waals surface area contributed by atoms with Crippen LogP contribution in [0.25, 0.3) is 0 Å². The number of halogens is 3. The van der Waals surface area contributed by atoms with Crippen LogP contribution in [0.1, 0.15) is 11.1 Å². The number of carbonyl (C=O) groups excluding carboxylic acids is 1. The Morgan fingerprint density at radius 1 is 1.00 bits per heavy atom. The van der Waals surface area contributed by atoms with Crippen LogP contribution in [-0.2, 0) is 17.9 Å². The molecule has 0 bridgehead atoms. The molecular formula is C15H12Br3NO2. The number of nitrogens with one attached hydrogen (secondary N) is 1. The average Bonchev–Trinajstić information content (AvgIpc) is 2.48. The van der Waals surface area contributed by atoms with E-state index in [1.54, 1.807) is 0 Å². The molecule has 2 rings (SSSR count). The van der Waals surface area contributed by atoms with E-state index in [0.29, 0.717) is 6.54 Å². The fourth-order valence-electron chi connectivity index (χ4n) is 1.64. The van der Waals surface area contributed by atoms with Gasteiger partial charge in [-0.1, -0.05) is 46.3 Å². The van der Waals surface area contributed by atoms with Crippen molar-refractivity contribution in [3.8, 4) is 0 Å². The van der Waals surface area contributed by atoms with Crippen LogP contribution in [0.5, 0.6) is 0 Å². The summed E-state index contributed by atoms with van der Waals surface area (Å²) in [7, 11) is 0. The van der Waals surface area contributed by atoms with Gasteiger partial charge in [-0.05, 0) is 55.1 Å². The first-order chi connectivity index (χ1) is 10.1. The van der Waals surface area contributed by atoms with Crippen molar-refractivity contribution in [3.63, 3.8) is 0 Å². The summed E-state index contributed by atoms with van der Waals surface area (Å²) in [5, 5.41) is 2.73. The minimum Gasteiger partial charge on any atom is -0.445 e. The Balaban J connectivity index is 1.85. The summed E-state index contributed by atoms with van der Waals surface area (Å²) in [5.41, 5.74) is 1.92. The molecule has 0 aliphatic rings. The molecule has 0 aromatic heterocycles. The molecule has 0 aliphatic heterocycles. The first kappa shape index (κ1) is 16.5. The second-order valence-electron chi connectivity index (χ2n) is 4.27. The summed E-state index contributed by atoms with van der Waals surface area (Å²) in [4.78, 5) is 11.7. The Morgan fingerprint density at radius 2 is 1.67 bits per heavy atom. The van der Waals surface area contributed by atoms with Crippen molar-refractivity contribution in [1.29, 1.82) is 0 Å². The van der Waals surface area contributed by atoms with E-state index in [1.807, 2.05) is 42.5 Å². The first-order valence-electron chi connectivity index (χ1n) is 6.14. The molecule has 0 fully saturated rings. The van der Waals surface area contributed by atoms with E-state index < -0.39 is 6.09 Å². The summed E-state index contributed by atoms with van der Waals surface area (Å²) in [6, 6.07) is 13.4. The van der Waals surface area contributed by atoms with Crippen molar-refractivity contribution >= 4 is 53.9 Å². The van der Waals surface area contributed by atoms with Gasteiger partial charge in [-0.15, -0.1) is 0 Å². The molecule has 3 nitrogen and oxygen atoms in total. The highest BCUT2D eigenvalue weighted by atomic mass is 79.9. The van der Waals surface area contributed by atoms with Crippen molar-refractivity contribution in [1.82, 2.24) is 5.32 Å². The molecule has 0 spiro atoms. The quantitative estimate of drug-likeness (QED) is 0.599. The zero-order chi connectivity index (χ0) is 15.2. The maximum Gasteiger partial charge on any atom is 0.407 e. The zero-order valence-corrected chi connectivity index (χ0v) is 15.7.